The molecule has 0 saturated carbocycles. The zero-order chi connectivity index (χ0) is 19.4. The number of carbonyl (C=O) groups excluding carboxylic acids is 1. The second kappa shape index (κ2) is 9.98. The lowest BCUT2D eigenvalue weighted by Crippen LogP contribution is -2.29. The lowest BCUT2D eigenvalue weighted by atomic mass is 10.2. The number of unbranched alkanes of at least 4 members (excludes halogenated alkanes) is 1. The lowest BCUT2D eigenvalue weighted by Gasteiger charge is -2.08. The molecule has 0 saturated heterocycles. The van der Waals surface area contributed by atoms with Crippen molar-refractivity contribution in [2.75, 3.05) is 11.9 Å². The van der Waals surface area contributed by atoms with E-state index in [9.17, 15) is 9.59 Å². The molecule has 2 aromatic carbocycles. The van der Waals surface area contributed by atoms with Gasteiger partial charge in [-0.05, 0) is 42.8 Å². The van der Waals surface area contributed by atoms with Crippen LogP contribution < -0.4 is 16.3 Å². The van der Waals surface area contributed by atoms with Crippen molar-refractivity contribution in [2.24, 2.45) is 0 Å². The van der Waals surface area contributed by atoms with Crippen molar-refractivity contribution in [3.8, 4) is 0 Å². The molecule has 0 aliphatic carbocycles. The molecule has 0 unspecified atom stereocenters. The third-order valence-corrected chi connectivity index (χ3v) is 4.89. The second-order valence-electron chi connectivity index (χ2n) is 6.21. The number of benzene rings is 2. The van der Waals surface area contributed by atoms with Gasteiger partial charge in [-0.1, -0.05) is 48.7 Å². The highest BCUT2D eigenvalue weighted by Crippen LogP contribution is 2.26. The summed E-state index contributed by atoms with van der Waals surface area (Å²) < 4.78 is 0.998. The van der Waals surface area contributed by atoms with Crippen molar-refractivity contribution in [1.29, 1.82) is 0 Å². The Morgan fingerprint density at radius 2 is 1.82 bits per heavy atom. The fourth-order valence-electron chi connectivity index (χ4n) is 2.72. The van der Waals surface area contributed by atoms with Crippen LogP contribution in [-0.2, 0) is 6.54 Å². The molecular weight excluding hydrogens is 423 g/mol. The first-order chi connectivity index (χ1) is 13.0. The Morgan fingerprint density at radius 3 is 2.50 bits per heavy atom. The van der Waals surface area contributed by atoms with Gasteiger partial charge < -0.3 is 15.6 Å². The molecule has 0 aliphatic rings. The zero-order valence-corrected chi connectivity index (χ0v) is 17.5. The molecule has 0 fully saturated rings. The quantitative estimate of drug-likeness (QED) is 0.468. The molecule has 3 aromatic rings. The van der Waals surface area contributed by atoms with Crippen LogP contribution in [0.5, 0.6) is 0 Å². The Bertz CT molecular complexity index is 1010. The molecule has 28 heavy (non-hydrogen) atoms. The fourth-order valence-corrected chi connectivity index (χ4v) is 3.04. The van der Waals surface area contributed by atoms with E-state index >= 15 is 0 Å². The Hall–Kier alpha value is -1.99. The van der Waals surface area contributed by atoms with E-state index in [4.69, 9.17) is 23.2 Å². The molecule has 150 valence electrons. The Kier molecular flexibility index (Phi) is 7.95. The number of amides is 1. The third-order valence-electron chi connectivity index (χ3n) is 4.17. The van der Waals surface area contributed by atoms with Crippen LogP contribution in [0.2, 0.25) is 10.0 Å². The predicted octanol–water partition coefficient (Wildman–Crippen LogP) is 5.03. The summed E-state index contributed by atoms with van der Waals surface area (Å²) in [4.78, 5) is 27.3. The summed E-state index contributed by atoms with van der Waals surface area (Å²) in [6.45, 7) is 3.90. The van der Waals surface area contributed by atoms with Gasteiger partial charge in [-0.2, -0.15) is 0 Å². The highest BCUT2D eigenvalue weighted by Gasteiger charge is 2.16. The standard InChI is InChI=1S/C19H20Cl2N4O2.ClH/c1-2-3-8-22-11-12-4-6-13(7-5-12)23-18(26)25-17-10-15(21)14(20)9-16(17)24-19(25)27;/h4-7,9-10,22H,2-3,8,11H2,1H3,(H,23,26)(H,24,27);1H. The van der Waals surface area contributed by atoms with Crippen molar-refractivity contribution in [3.05, 3.63) is 62.5 Å². The SMILES string of the molecule is CCCCNCc1ccc(NC(=O)n2c(=O)[nH]c3cc(Cl)c(Cl)cc32)cc1.Cl. The molecule has 3 N–H and O–H groups in total. The first kappa shape index (κ1) is 22.3. The maximum atomic E-state index is 12.6. The molecule has 1 aromatic heterocycles. The molecule has 0 spiro atoms. The van der Waals surface area contributed by atoms with Gasteiger partial charge in [0.05, 0.1) is 21.1 Å². The predicted molar refractivity (Wildman–Crippen MR) is 117 cm³/mol. The van der Waals surface area contributed by atoms with E-state index in [1.807, 2.05) is 12.1 Å². The number of imidazole rings is 1. The topological polar surface area (TPSA) is 78.9 Å². The highest BCUT2D eigenvalue weighted by molar-refractivity contribution is 6.42. The van der Waals surface area contributed by atoms with E-state index in [1.165, 1.54) is 12.1 Å². The molecule has 0 bridgehead atoms. The van der Waals surface area contributed by atoms with Gasteiger partial charge in [-0.3, -0.25) is 0 Å². The van der Waals surface area contributed by atoms with E-state index in [-0.39, 0.29) is 17.4 Å². The number of hydrogen-bond donors (Lipinski definition) is 3. The zero-order valence-electron chi connectivity index (χ0n) is 15.2. The summed E-state index contributed by atoms with van der Waals surface area (Å²) in [5.74, 6) is 0. The third kappa shape index (κ3) is 5.08. The van der Waals surface area contributed by atoms with Gasteiger partial charge in [-0.15, -0.1) is 12.4 Å². The number of rotatable bonds is 6. The van der Waals surface area contributed by atoms with Gasteiger partial charge in [0.25, 0.3) is 0 Å². The summed E-state index contributed by atoms with van der Waals surface area (Å²) >= 11 is 12.0. The largest absolute Gasteiger partial charge is 0.334 e. The number of anilines is 1. The first-order valence-electron chi connectivity index (χ1n) is 8.70. The number of aromatic nitrogens is 2. The molecule has 0 aliphatic heterocycles. The smallest absolute Gasteiger partial charge is 0.313 e. The van der Waals surface area contributed by atoms with Crippen molar-refractivity contribution >= 4 is 58.4 Å². The average molecular weight is 444 g/mol. The maximum Gasteiger partial charge on any atom is 0.334 e. The molecule has 3 rings (SSSR count). The monoisotopic (exact) mass is 442 g/mol. The summed E-state index contributed by atoms with van der Waals surface area (Å²) in [6, 6.07) is 9.91. The van der Waals surface area contributed by atoms with Crippen LogP contribution in [0.25, 0.3) is 11.0 Å². The van der Waals surface area contributed by atoms with Gasteiger partial charge in [0, 0.05) is 12.2 Å². The van der Waals surface area contributed by atoms with Gasteiger partial charge >= 0.3 is 11.7 Å². The van der Waals surface area contributed by atoms with Gasteiger partial charge in [0.1, 0.15) is 0 Å². The first-order valence-corrected chi connectivity index (χ1v) is 9.46. The molecule has 1 heterocycles. The fraction of sp³-hybridized carbons (Fsp3) is 0.263. The maximum absolute atomic E-state index is 12.6. The minimum atomic E-state index is -0.571. The second-order valence-corrected chi connectivity index (χ2v) is 7.02. The summed E-state index contributed by atoms with van der Waals surface area (Å²) in [5.41, 5.74) is 1.97. The van der Waals surface area contributed by atoms with Crippen LogP contribution in [0.3, 0.4) is 0 Å². The van der Waals surface area contributed by atoms with Crippen molar-refractivity contribution in [2.45, 2.75) is 26.3 Å². The van der Waals surface area contributed by atoms with E-state index in [2.05, 4.69) is 22.5 Å². The van der Waals surface area contributed by atoms with Crippen LogP contribution in [0.15, 0.2) is 41.2 Å². The summed E-state index contributed by atoms with van der Waals surface area (Å²) in [5, 5.41) is 6.66. The van der Waals surface area contributed by atoms with E-state index in [0.29, 0.717) is 21.7 Å². The normalized spacial score (nSPS) is 10.7. The minimum absolute atomic E-state index is 0. The highest BCUT2D eigenvalue weighted by atomic mass is 35.5. The number of nitrogens with zero attached hydrogens (tertiary/aromatic N) is 1. The van der Waals surface area contributed by atoms with Gasteiger partial charge in [0.2, 0.25) is 0 Å². The number of hydrogen-bond acceptors (Lipinski definition) is 3. The number of carbonyl (C=O) groups is 1. The molecule has 6 nitrogen and oxygen atoms in total. The number of halogens is 3. The van der Waals surface area contributed by atoms with Crippen molar-refractivity contribution < 1.29 is 4.79 Å². The number of H-pyrrole nitrogens is 1. The van der Waals surface area contributed by atoms with E-state index in [0.717, 1.165) is 36.1 Å². The Morgan fingerprint density at radius 1 is 1.14 bits per heavy atom. The van der Waals surface area contributed by atoms with Crippen LogP contribution in [0, 0.1) is 0 Å². The summed E-state index contributed by atoms with van der Waals surface area (Å²) in [7, 11) is 0. The minimum Gasteiger partial charge on any atom is -0.313 e. The summed E-state index contributed by atoms with van der Waals surface area (Å²) in [6.07, 6.45) is 2.30. The molecule has 9 heteroatoms. The Labute approximate surface area is 178 Å². The average Bonchev–Trinajstić information content (AvgIpc) is 2.95. The van der Waals surface area contributed by atoms with Gasteiger partial charge in [-0.25, -0.2) is 14.2 Å². The molecule has 0 radical (unpaired) electrons. The number of aromatic amines is 1. The van der Waals surface area contributed by atoms with Crippen molar-refractivity contribution in [3.63, 3.8) is 0 Å². The number of fused-ring (bicyclic) bond motifs is 1. The molecule has 1 amide bonds. The number of nitrogens with one attached hydrogen (secondary N) is 3. The Balaban J connectivity index is 0.00000280. The lowest BCUT2D eigenvalue weighted by molar-refractivity contribution is 0.253. The molecular formula is C19H21Cl3N4O2. The van der Waals surface area contributed by atoms with Gasteiger partial charge in [0.15, 0.2) is 0 Å². The van der Waals surface area contributed by atoms with Crippen LogP contribution in [-0.4, -0.2) is 22.1 Å². The van der Waals surface area contributed by atoms with Crippen molar-refractivity contribution in [1.82, 2.24) is 14.9 Å². The van der Waals surface area contributed by atoms with Crippen LogP contribution >= 0.6 is 35.6 Å². The van der Waals surface area contributed by atoms with E-state index in [1.54, 1.807) is 12.1 Å². The molecule has 0 atom stereocenters. The van der Waals surface area contributed by atoms with Crippen LogP contribution in [0.4, 0.5) is 10.5 Å². The van der Waals surface area contributed by atoms with Crippen LogP contribution in [0.1, 0.15) is 25.3 Å². The van der Waals surface area contributed by atoms with E-state index < -0.39 is 11.7 Å².